The van der Waals surface area contributed by atoms with Crippen LogP contribution in [-0.4, -0.2) is 4.98 Å². The Labute approximate surface area is 101 Å². The molecule has 0 saturated heterocycles. The van der Waals surface area contributed by atoms with Crippen LogP contribution in [0.2, 0.25) is 0 Å². The molecule has 0 aliphatic carbocycles. The van der Waals surface area contributed by atoms with Gasteiger partial charge in [0.05, 0.1) is 17.8 Å². The summed E-state index contributed by atoms with van der Waals surface area (Å²) in [5.41, 5.74) is -0.288. The first-order valence-electron chi connectivity index (χ1n) is 5.20. The number of halogens is 4. The number of alkyl halides is 3. The highest BCUT2D eigenvalue weighted by atomic mass is 19.4. The second kappa shape index (κ2) is 4.72. The molecule has 96 valence electrons. The average molecular weight is 258 g/mol. The molecule has 1 aromatic carbocycles. The van der Waals surface area contributed by atoms with E-state index in [-0.39, 0.29) is 12.2 Å². The first-order valence-corrected chi connectivity index (χ1v) is 5.20. The van der Waals surface area contributed by atoms with Gasteiger partial charge in [-0.2, -0.15) is 13.2 Å². The minimum atomic E-state index is -4.48. The van der Waals surface area contributed by atoms with E-state index in [0.717, 1.165) is 23.9 Å². The smallest absolute Gasteiger partial charge is 0.377 e. The van der Waals surface area contributed by atoms with E-state index in [1.165, 1.54) is 0 Å². The summed E-state index contributed by atoms with van der Waals surface area (Å²) in [4.78, 5) is 2.86. The van der Waals surface area contributed by atoms with Crippen LogP contribution in [0.5, 0.6) is 0 Å². The molecule has 18 heavy (non-hydrogen) atoms. The van der Waals surface area contributed by atoms with Crippen LogP contribution in [0.1, 0.15) is 11.3 Å². The third-order valence-electron chi connectivity index (χ3n) is 2.43. The number of hydrogen-bond donors (Lipinski definition) is 2. The lowest BCUT2D eigenvalue weighted by molar-refractivity contribution is -0.137. The van der Waals surface area contributed by atoms with Gasteiger partial charge in [0, 0.05) is 11.9 Å². The van der Waals surface area contributed by atoms with Crippen molar-refractivity contribution in [2.45, 2.75) is 12.7 Å². The molecule has 0 amide bonds. The maximum Gasteiger partial charge on any atom is 0.416 e. The molecule has 1 heterocycles. The fourth-order valence-corrected chi connectivity index (χ4v) is 1.51. The molecule has 2 N–H and O–H groups in total. The van der Waals surface area contributed by atoms with Crippen LogP contribution in [0.25, 0.3) is 0 Å². The molecule has 6 heteroatoms. The Kier molecular flexibility index (Phi) is 3.27. The van der Waals surface area contributed by atoms with Crippen molar-refractivity contribution < 1.29 is 17.6 Å². The first kappa shape index (κ1) is 12.5. The number of aromatic amines is 1. The van der Waals surface area contributed by atoms with Crippen molar-refractivity contribution in [2.24, 2.45) is 0 Å². The van der Waals surface area contributed by atoms with Crippen molar-refractivity contribution in [2.75, 3.05) is 5.32 Å². The Morgan fingerprint density at radius 3 is 2.56 bits per heavy atom. The lowest BCUT2D eigenvalue weighted by atomic mass is 10.2. The number of nitrogens with one attached hydrogen (secondary N) is 2. The largest absolute Gasteiger partial charge is 0.416 e. The van der Waals surface area contributed by atoms with E-state index in [9.17, 15) is 17.6 Å². The molecular weight excluding hydrogens is 248 g/mol. The third-order valence-corrected chi connectivity index (χ3v) is 2.43. The van der Waals surface area contributed by atoms with Crippen LogP contribution in [-0.2, 0) is 12.7 Å². The van der Waals surface area contributed by atoms with Crippen LogP contribution in [0.4, 0.5) is 23.2 Å². The lowest BCUT2D eigenvalue weighted by Crippen LogP contribution is -2.08. The second-order valence-electron chi connectivity index (χ2n) is 3.74. The van der Waals surface area contributed by atoms with Gasteiger partial charge >= 0.3 is 6.18 Å². The quantitative estimate of drug-likeness (QED) is 0.805. The molecule has 0 fully saturated rings. The monoisotopic (exact) mass is 258 g/mol. The average Bonchev–Trinajstić information content (AvgIpc) is 2.79. The van der Waals surface area contributed by atoms with E-state index in [2.05, 4.69) is 10.3 Å². The predicted octanol–water partition coefficient (Wildman–Crippen LogP) is 3.78. The summed E-state index contributed by atoms with van der Waals surface area (Å²) in [6.07, 6.45) is -2.80. The molecule has 0 aliphatic heterocycles. The van der Waals surface area contributed by atoms with E-state index in [1.54, 1.807) is 18.3 Å². The summed E-state index contributed by atoms with van der Waals surface area (Å²) in [7, 11) is 0. The van der Waals surface area contributed by atoms with Gasteiger partial charge in [0.2, 0.25) is 0 Å². The summed E-state index contributed by atoms with van der Waals surface area (Å²) in [5.74, 6) is -0.713. The van der Waals surface area contributed by atoms with Gasteiger partial charge in [-0.05, 0) is 30.3 Å². The number of anilines is 1. The van der Waals surface area contributed by atoms with Gasteiger partial charge in [0.25, 0.3) is 0 Å². The summed E-state index contributed by atoms with van der Waals surface area (Å²) in [6.45, 7) is 0.227. The van der Waals surface area contributed by atoms with Crippen molar-refractivity contribution in [1.29, 1.82) is 0 Å². The van der Waals surface area contributed by atoms with E-state index < -0.39 is 17.6 Å². The van der Waals surface area contributed by atoms with Gasteiger partial charge in [-0.15, -0.1) is 0 Å². The van der Waals surface area contributed by atoms with Crippen molar-refractivity contribution in [3.05, 3.63) is 53.6 Å². The van der Waals surface area contributed by atoms with Crippen molar-refractivity contribution in [3.8, 4) is 0 Å². The van der Waals surface area contributed by atoms with Crippen LogP contribution in [0.15, 0.2) is 36.5 Å². The van der Waals surface area contributed by atoms with Gasteiger partial charge in [-0.3, -0.25) is 0 Å². The Bertz CT molecular complexity index is 517. The molecule has 0 bridgehead atoms. The maximum absolute atomic E-state index is 13.3. The van der Waals surface area contributed by atoms with Gasteiger partial charge in [0.15, 0.2) is 0 Å². The molecule has 0 aliphatic rings. The molecule has 0 unspecified atom stereocenters. The standard InChI is InChI=1S/C12H10F4N2/c13-10-4-3-8(12(14,15)16)6-11(10)18-7-9-2-1-5-17-9/h1-6,17-18H,7H2. The summed E-state index contributed by atoms with van der Waals surface area (Å²) in [5, 5.41) is 2.62. The summed E-state index contributed by atoms with van der Waals surface area (Å²) < 4.78 is 50.7. The van der Waals surface area contributed by atoms with E-state index in [1.807, 2.05) is 0 Å². The zero-order valence-corrected chi connectivity index (χ0v) is 9.18. The Balaban J connectivity index is 2.16. The molecule has 2 rings (SSSR count). The van der Waals surface area contributed by atoms with Gasteiger partial charge in [-0.25, -0.2) is 4.39 Å². The maximum atomic E-state index is 13.3. The fraction of sp³-hybridized carbons (Fsp3) is 0.167. The minimum Gasteiger partial charge on any atom is -0.377 e. The molecule has 0 saturated carbocycles. The number of benzene rings is 1. The van der Waals surface area contributed by atoms with E-state index in [4.69, 9.17) is 0 Å². The van der Waals surface area contributed by atoms with Crippen molar-refractivity contribution in [3.63, 3.8) is 0 Å². The van der Waals surface area contributed by atoms with Crippen LogP contribution in [0, 0.1) is 5.82 Å². The van der Waals surface area contributed by atoms with E-state index in [0.29, 0.717) is 0 Å². The van der Waals surface area contributed by atoms with Crippen molar-refractivity contribution >= 4 is 5.69 Å². The summed E-state index contributed by atoms with van der Waals surface area (Å²) in [6, 6.07) is 5.78. The lowest BCUT2D eigenvalue weighted by Gasteiger charge is -2.11. The Morgan fingerprint density at radius 2 is 1.94 bits per heavy atom. The van der Waals surface area contributed by atoms with Gasteiger partial charge < -0.3 is 10.3 Å². The molecule has 1 aromatic heterocycles. The molecule has 2 nitrogen and oxygen atoms in total. The third kappa shape index (κ3) is 2.82. The summed E-state index contributed by atoms with van der Waals surface area (Å²) >= 11 is 0. The van der Waals surface area contributed by atoms with Crippen LogP contribution >= 0.6 is 0 Å². The SMILES string of the molecule is Fc1ccc(C(F)(F)F)cc1NCc1ccc[nH]1. The van der Waals surface area contributed by atoms with Crippen LogP contribution < -0.4 is 5.32 Å². The van der Waals surface area contributed by atoms with E-state index >= 15 is 0 Å². The molecule has 0 atom stereocenters. The Morgan fingerprint density at radius 1 is 1.17 bits per heavy atom. The first-order chi connectivity index (χ1) is 8.47. The normalized spacial score (nSPS) is 11.6. The minimum absolute atomic E-state index is 0.167. The number of aromatic nitrogens is 1. The molecule has 2 aromatic rings. The topological polar surface area (TPSA) is 27.8 Å². The molecule has 0 spiro atoms. The zero-order valence-electron chi connectivity index (χ0n) is 9.18. The highest BCUT2D eigenvalue weighted by Gasteiger charge is 2.31. The molecular formula is C12H10F4N2. The number of hydrogen-bond acceptors (Lipinski definition) is 1. The predicted molar refractivity (Wildman–Crippen MR) is 59.5 cm³/mol. The Hall–Kier alpha value is -1.98. The van der Waals surface area contributed by atoms with Crippen molar-refractivity contribution in [1.82, 2.24) is 4.98 Å². The van der Waals surface area contributed by atoms with Gasteiger partial charge in [0.1, 0.15) is 5.82 Å². The molecule has 0 radical (unpaired) electrons. The zero-order chi connectivity index (χ0) is 13.2. The second-order valence-corrected chi connectivity index (χ2v) is 3.74. The number of H-pyrrole nitrogens is 1. The van der Waals surface area contributed by atoms with Crippen LogP contribution in [0.3, 0.4) is 0 Å². The fourth-order valence-electron chi connectivity index (χ4n) is 1.51. The highest BCUT2D eigenvalue weighted by molar-refractivity contribution is 5.48. The number of rotatable bonds is 3. The van der Waals surface area contributed by atoms with Gasteiger partial charge in [-0.1, -0.05) is 0 Å². The highest BCUT2D eigenvalue weighted by Crippen LogP contribution is 2.31.